The molecule has 184 valence electrons. The number of aryl methyl sites for hydroxylation is 2. The molecule has 1 N–H and O–H groups in total. The van der Waals surface area contributed by atoms with E-state index in [1.54, 1.807) is 53.4 Å². The highest BCUT2D eigenvalue weighted by Crippen LogP contribution is 2.24. The number of carbonyl (C=O) groups excluding carboxylic acids is 1. The molecule has 2 aromatic carbocycles. The van der Waals surface area contributed by atoms with E-state index in [1.165, 1.54) is 10.7 Å². The summed E-state index contributed by atoms with van der Waals surface area (Å²) in [7, 11) is -1.89. The summed E-state index contributed by atoms with van der Waals surface area (Å²) in [6.07, 6.45) is 1.58. The average Bonchev–Trinajstić information content (AvgIpc) is 3.45. The fourth-order valence-electron chi connectivity index (χ4n) is 3.99. The average molecular weight is 523 g/mol. The highest BCUT2D eigenvalue weighted by molar-refractivity contribution is 7.90. The van der Waals surface area contributed by atoms with Crippen LogP contribution in [0, 0.1) is 6.92 Å². The number of carbonyl (C=O) groups is 1. The standard InChI is InChI=1S/C24H22N6O4S2/c1-15-26-19-8-7-17(11-23(19)35-15)30-13-16(27-28-30)14-36(33,34)10-9-25-24(32)21-12-22(31)18-5-3-4-6-20(18)29(21)2/h3-8,11-13H,9-10,14H2,1-2H3,(H,25,32). The number of hydrogen-bond donors (Lipinski definition) is 1. The smallest absolute Gasteiger partial charge is 0.268 e. The first kappa shape index (κ1) is 23.8. The maximum Gasteiger partial charge on any atom is 0.268 e. The van der Waals surface area contributed by atoms with Crippen molar-refractivity contribution in [2.24, 2.45) is 7.05 Å². The minimum absolute atomic E-state index is 0.0995. The van der Waals surface area contributed by atoms with Crippen LogP contribution in [0.2, 0.25) is 0 Å². The first-order valence-corrected chi connectivity index (χ1v) is 13.7. The lowest BCUT2D eigenvalue weighted by Crippen LogP contribution is -2.32. The van der Waals surface area contributed by atoms with E-state index < -0.39 is 15.7 Å². The quantitative estimate of drug-likeness (QED) is 0.347. The van der Waals surface area contributed by atoms with Gasteiger partial charge in [0.15, 0.2) is 15.3 Å². The van der Waals surface area contributed by atoms with Crippen LogP contribution in [0.5, 0.6) is 0 Å². The lowest BCUT2D eigenvalue weighted by atomic mass is 10.1. The molecule has 0 saturated heterocycles. The van der Waals surface area contributed by atoms with E-state index in [-0.39, 0.29) is 29.2 Å². The van der Waals surface area contributed by atoms with E-state index in [0.29, 0.717) is 16.6 Å². The number of benzene rings is 2. The van der Waals surface area contributed by atoms with Crippen molar-refractivity contribution in [2.75, 3.05) is 12.3 Å². The van der Waals surface area contributed by atoms with Crippen molar-refractivity contribution >= 4 is 48.2 Å². The second-order valence-corrected chi connectivity index (χ2v) is 11.8. The summed E-state index contributed by atoms with van der Waals surface area (Å²) < 4.78 is 29.4. The van der Waals surface area contributed by atoms with E-state index in [1.807, 2.05) is 25.1 Å². The molecule has 0 unspecified atom stereocenters. The number of aromatic nitrogens is 5. The van der Waals surface area contributed by atoms with E-state index in [0.717, 1.165) is 20.9 Å². The van der Waals surface area contributed by atoms with Gasteiger partial charge in [-0.2, -0.15) is 0 Å². The van der Waals surface area contributed by atoms with Crippen molar-refractivity contribution in [3.63, 3.8) is 0 Å². The minimum Gasteiger partial charge on any atom is -0.350 e. The molecule has 0 saturated carbocycles. The summed E-state index contributed by atoms with van der Waals surface area (Å²) in [5, 5.41) is 12.1. The zero-order valence-electron chi connectivity index (χ0n) is 19.5. The number of nitrogens with one attached hydrogen (secondary N) is 1. The molecule has 0 radical (unpaired) electrons. The Morgan fingerprint density at radius 3 is 2.78 bits per heavy atom. The first-order valence-electron chi connectivity index (χ1n) is 11.1. The molecule has 0 aliphatic heterocycles. The molecule has 1 amide bonds. The normalized spacial score (nSPS) is 11.8. The Morgan fingerprint density at radius 1 is 1.14 bits per heavy atom. The van der Waals surface area contributed by atoms with Gasteiger partial charge in [0.2, 0.25) is 0 Å². The summed E-state index contributed by atoms with van der Waals surface area (Å²) in [5.74, 6) is -1.10. The number of amides is 1. The molecule has 12 heteroatoms. The van der Waals surface area contributed by atoms with Crippen molar-refractivity contribution < 1.29 is 13.2 Å². The Balaban J connectivity index is 1.23. The zero-order valence-corrected chi connectivity index (χ0v) is 21.1. The van der Waals surface area contributed by atoms with Crippen LogP contribution >= 0.6 is 11.3 Å². The molecule has 0 spiro atoms. The highest BCUT2D eigenvalue weighted by Gasteiger charge is 2.18. The SMILES string of the molecule is Cc1nc2ccc(-n3cc(CS(=O)(=O)CCNC(=O)c4cc(=O)c5ccccc5n4C)nn3)cc2s1. The number of fused-ring (bicyclic) bond motifs is 2. The number of nitrogens with zero attached hydrogens (tertiary/aromatic N) is 5. The number of sulfone groups is 1. The van der Waals surface area contributed by atoms with Crippen LogP contribution in [0.15, 0.2) is 59.5 Å². The van der Waals surface area contributed by atoms with Gasteiger partial charge in [0, 0.05) is 25.0 Å². The lowest BCUT2D eigenvalue weighted by Gasteiger charge is -2.12. The Morgan fingerprint density at radius 2 is 1.94 bits per heavy atom. The van der Waals surface area contributed by atoms with Gasteiger partial charge in [-0.25, -0.2) is 18.1 Å². The lowest BCUT2D eigenvalue weighted by molar-refractivity contribution is 0.0947. The molecular weight excluding hydrogens is 500 g/mol. The molecule has 36 heavy (non-hydrogen) atoms. The fourth-order valence-corrected chi connectivity index (χ4v) is 5.99. The highest BCUT2D eigenvalue weighted by atomic mass is 32.2. The van der Waals surface area contributed by atoms with Gasteiger partial charge in [-0.15, -0.1) is 16.4 Å². The maximum atomic E-state index is 12.7. The number of rotatable bonds is 7. The summed E-state index contributed by atoms with van der Waals surface area (Å²) in [6.45, 7) is 1.84. The van der Waals surface area contributed by atoms with Gasteiger partial charge in [-0.05, 0) is 37.3 Å². The Hall–Kier alpha value is -3.90. The summed E-state index contributed by atoms with van der Waals surface area (Å²) in [4.78, 5) is 29.5. The van der Waals surface area contributed by atoms with Crippen LogP contribution in [0.1, 0.15) is 21.2 Å². The van der Waals surface area contributed by atoms with E-state index >= 15 is 0 Å². The van der Waals surface area contributed by atoms with Crippen LogP contribution in [0.25, 0.3) is 26.8 Å². The van der Waals surface area contributed by atoms with E-state index in [2.05, 4.69) is 20.6 Å². The van der Waals surface area contributed by atoms with Gasteiger partial charge in [0.1, 0.15) is 5.69 Å². The number of hydrogen-bond acceptors (Lipinski definition) is 8. The van der Waals surface area contributed by atoms with E-state index in [9.17, 15) is 18.0 Å². The molecule has 0 atom stereocenters. The number of thiazole rings is 1. The molecular formula is C24H22N6O4S2. The van der Waals surface area contributed by atoms with Crippen LogP contribution < -0.4 is 10.7 Å². The Bertz CT molecular complexity index is 1790. The largest absolute Gasteiger partial charge is 0.350 e. The molecule has 0 aliphatic carbocycles. The second-order valence-electron chi connectivity index (χ2n) is 8.36. The summed E-state index contributed by atoms with van der Waals surface area (Å²) in [6, 6.07) is 13.9. The van der Waals surface area contributed by atoms with Crippen LogP contribution in [0.4, 0.5) is 0 Å². The van der Waals surface area contributed by atoms with E-state index in [4.69, 9.17) is 0 Å². The minimum atomic E-state index is -3.57. The third-order valence-corrected chi connectivity index (χ3v) is 8.24. The van der Waals surface area contributed by atoms with Crippen molar-refractivity contribution in [3.8, 4) is 5.69 Å². The predicted molar refractivity (Wildman–Crippen MR) is 138 cm³/mol. The van der Waals surface area contributed by atoms with Crippen LogP contribution in [0.3, 0.4) is 0 Å². The molecule has 5 rings (SSSR count). The topological polar surface area (TPSA) is 129 Å². The number of pyridine rings is 1. The molecule has 3 heterocycles. The first-order chi connectivity index (χ1) is 17.2. The van der Waals surface area contributed by atoms with Gasteiger partial charge < -0.3 is 9.88 Å². The zero-order chi connectivity index (χ0) is 25.4. The van der Waals surface area contributed by atoms with Gasteiger partial charge >= 0.3 is 0 Å². The third-order valence-electron chi connectivity index (χ3n) is 5.74. The summed E-state index contributed by atoms with van der Waals surface area (Å²) >= 11 is 1.57. The van der Waals surface area contributed by atoms with Crippen LogP contribution in [-0.2, 0) is 22.6 Å². The van der Waals surface area contributed by atoms with Gasteiger partial charge in [-0.3, -0.25) is 9.59 Å². The second kappa shape index (κ2) is 9.28. The van der Waals surface area contributed by atoms with Crippen LogP contribution in [-0.4, -0.2) is 51.2 Å². The number of para-hydroxylation sites is 1. The molecule has 5 aromatic rings. The van der Waals surface area contributed by atoms with Gasteiger partial charge in [0.05, 0.1) is 49.8 Å². The summed E-state index contributed by atoms with van der Waals surface area (Å²) in [5.41, 5.74) is 2.47. The van der Waals surface area contributed by atoms with Gasteiger partial charge in [-0.1, -0.05) is 17.3 Å². The van der Waals surface area contributed by atoms with Gasteiger partial charge in [0.25, 0.3) is 5.91 Å². The molecule has 0 aliphatic rings. The molecule has 0 bridgehead atoms. The fraction of sp³-hybridized carbons (Fsp3) is 0.208. The van der Waals surface area contributed by atoms with Crippen molar-refractivity contribution in [1.82, 2.24) is 29.9 Å². The molecule has 0 fully saturated rings. The third kappa shape index (κ3) is 4.77. The predicted octanol–water partition coefficient (Wildman–Crippen LogP) is 2.38. The van der Waals surface area contributed by atoms with Crippen molar-refractivity contribution in [1.29, 1.82) is 0 Å². The van der Waals surface area contributed by atoms with Crippen molar-refractivity contribution in [2.45, 2.75) is 12.7 Å². The Labute approximate surface area is 210 Å². The molecule has 3 aromatic heterocycles. The monoisotopic (exact) mass is 522 g/mol. The molecule has 10 nitrogen and oxygen atoms in total. The maximum absolute atomic E-state index is 12.7. The Kier molecular flexibility index (Phi) is 6.14. The van der Waals surface area contributed by atoms with Crippen molar-refractivity contribution in [3.05, 3.63) is 81.3 Å².